The molecule has 0 radical (unpaired) electrons. The number of benzene rings is 3. The molecule has 0 amide bonds. The first kappa shape index (κ1) is 17.1. The van der Waals surface area contributed by atoms with Crippen molar-refractivity contribution in [3.05, 3.63) is 82.4 Å². The number of fused-ring (bicyclic) bond motifs is 6. The minimum Gasteiger partial charge on any atom is -0.508 e. The molecule has 3 aromatic carbocycles. The molecule has 1 atom stereocenters. The van der Waals surface area contributed by atoms with Crippen LogP contribution < -0.4 is 4.74 Å². The third-order valence-corrected chi connectivity index (χ3v) is 5.27. The SMILES string of the molecule is O=C(O)Cc1c(O)ccc2c1Oc1cc(O)ccc1C21OC(=O)c2ccccc21. The van der Waals surface area contributed by atoms with Crippen LogP contribution in [0.3, 0.4) is 0 Å². The molecule has 29 heavy (non-hydrogen) atoms. The fourth-order valence-corrected chi connectivity index (χ4v) is 4.09. The summed E-state index contributed by atoms with van der Waals surface area (Å²) in [5, 5.41) is 29.5. The number of carboxylic acids is 1. The van der Waals surface area contributed by atoms with Crippen molar-refractivity contribution in [3.63, 3.8) is 0 Å². The monoisotopic (exact) mass is 390 g/mol. The molecule has 0 aromatic heterocycles. The molecular formula is C22H14O7. The summed E-state index contributed by atoms with van der Waals surface area (Å²) in [6.45, 7) is 0. The number of hydrogen-bond donors (Lipinski definition) is 3. The van der Waals surface area contributed by atoms with Gasteiger partial charge in [0.1, 0.15) is 23.0 Å². The molecule has 1 spiro atoms. The average Bonchev–Trinajstić information content (AvgIpc) is 2.97. The lowest BCUT2D eigenvalue weighted by Crippen LogP contribution is -2.33. The van der Waals surface area contributed by atoms with Crippen molar-refractivity contribution in [2.24, 2.45) is 0 Å². The predicted octanol–water partition coefficient (Wildman–Crippen LogP) is 3.29. The average molecular weight is 390 g/mol. The molecule has 1 unspecified atom stereocenters. The van der Waals surface area contributed by atoms with Gasteiger partial charge in [-0.3, -0.25) is 4.79 Å². The minimum absolute atomic E-state index is 0.0591. The Hall–Kier alpha value is -4.00. The standard InChI is InChI=1S/C22H14O7/c23-11-5-6-15-18(9-11)28-20-13(10-19(25)26)17(24)8-7-16(20)22(15)14-4-2-1-3-12(14)21(27)29-22/h1-9,23-24H,10H2,(H,25,26). The number of rotatable bonds is 2. The van der Waals surface area contributed by atoms with Crippen LogP contribution >= 0.6 is 0 Å². The summed E-state index contributed by atoms with van der Waals surface area (Å²) in [5.41, 5.74) is 0.534. The van der Waals surface area contributed by atoms with Crippen molar-refractivity contribution >= 4 is 11.9 Å². The van der Waals surface area contributed by atoms with Gasteiger partial charge in [-0.05, 0) is 30.3 Å². The van der Waals surface area contributed by atoms with Crippen molar-refractivity contribution in [1.82, 2.24) is 0 Å². The van der Waals surface area contributed by atoms with Gasteiger partial charge >= 0.3 is 11.9 Å². The number of esters is 1. The van der Waals surface area contributed by atoms with E-state index in [0.717, 1.165) is 0 Å². The second-order valence-electron chi connectivity index (χ2n) is 6.91. The van der Waals surface area contributed by atoms with Crippen molar-refractivity contribution in [2.45, 2.75) is 12.0 Å². The maximum atomic E-state index is 12.7. The van der Waals surface area contributed by atoms with Crippen LogP contribution in [0.2, 0.25) is 0 Å². The Bertz CT molecular complexity index is 1210. The van der Waals surface area contributed by atoms with Gasteiger partial charge in [0.2, 0.25) is 0 Å². The van der Waals surface area contributed by atoms with Gasteiger partial charge in [-0.15, -0.1) is 0 Å². The highest BCUT2D eigenvalue weighted by Crippen LogP contribution is 2.58. The van der Waals surface area contributed by atoms with E-state index in [9.17, 15) is 24.9 Å². The molecule has 7 nitrogen and oxygen atoms in total. The van der Waals surface area contributed by atoms with Gasteiger partial charge in [0.05, 0.1) is 12.0 Å². The first-order chi connectivity index (χ1) is 13.9. The molecule has 0 fully saturated rings. The second-order valence-corrected chi connectivity index (χ2v) is 6.91. The van der Waals surface area contributed by atoms with Crippen molar-refractivity contribution in [3.8, 4) is 23.0 Å². The van der Waals surface area contributed by atoms with E-state index in [1.54, 1.807) is 36.4 Å². The fourth-order valence-electron chi connectivity index (χ4n) is 4.09. The van der Waals surface area contributed by atoms with Gasteiger partial charge in [-0.2, -0.15) is 0 Å². The van der Waals surface area contributed by atoms with Gasteiger partial charge in [0, 0.05) is 28.3 Å². The van der Waals surface area contributed by atoms with E-state index in [0.29, 0.717) is 22.3 Å². The van der Waals surface area contributed by atoms with Crippen LogP contribution in [-0.2, 0) is 21.6 Å². The number of aromatic hydroxyl groups is 2. The predicted molar refractivity (Wildman–Crippen MR) is 99.4 cm³/mol. The van der Waals surface area contributed by atoms with Crippen LogP contribution in [0.1, 0.15) is 32.6 Å². The Kier molecular flexibility index (Phi) is 3.39. The maximum Gasteiger partial charge on any atom is 0.340 e. The molecule has 2 heterocycles. The smallest absolute Gasteiger partial charge is 0.340 e. The van der Waals surface area contributed by atoms with Crippen molar-refractivity contribution in [1.29, 1.82) is 0 Å². The van der Waals surface area contributed by atoms with E-state index in [4.69, 9.17) is 9.47 Å². The molecule has 0 bridgehead atoms. The largest absolute Gasteiger partial charge is 0.508 e. The highest BCUT2D eigenvalue weighted by Gasteiger charge is 2.54. The fraction of sp³-hybridized carbons (Fsp3) is 0.0909. The van der Waals surface area contributed by atoms with E-state index >= 15 is 0 Å². The summed E-state index contributed by atoms with van der Waals surface area (Å²) < 4.78 is 11.9. The lowest BCUT2D eigenvalue weighted by Gasteiger charge is -2.37. The van der Waals surface area contributed by atoms with E-state index in [1.807, 2.05) is 0 Å². The van der Waals surface area contributed by atoms with Gasteiger partial charge in [-0.25, -0.2) is 4.79 Å². The Labute approximate surface area is 164 Å². The molecular weight excluding hydrogens is 376 g/mol. The summed E-state index contributed by atoms with van der Waals surface area (Å²) in [7, 11) is 0. The molecule has 0 saturated carbocycles. The molecule has 144 valence electrons. The number of ether oxygens (including phenoxy) is 2. The maximum absolute atomic E-state index is 12.7. The zero-order valence-corrected chi connectivity index (χ0v) is 14.9. The van der Waals surface area contributed by atoms with E-state index in [1.165, 1.54) is 18.2 Å². The topological polar surface area (TPSA) is 113 Å². The summed E-state index contributed by atoms with van der Waals surface area (Å²) in [4.78, 5) is 24.1. The lowest BCUT2D eigenvalue weighted by molar-refractivity contribution is -0.136. The summed E-state index contributed by atoms with van der Waals surface area (Å²) >= 11 is 0. The summed E-state index contributed by atoms with van der Waals surface area (Å²) in [6.07, 6.45) is -0.491. The number of carbonyl (C=O) groups excluding carboxylic acids is 1. The highest BCUT2D eigenvalue weighted by molar-refractivity contribution is 5.97. The van der Waals surface area contributed by atoms with Crippen LogP contribution in [0.25, 0.3) is 0 Å². The Morgan fingerprint density at radius 2 is 1.72 bits per heavy atom. The zero-order chi connectivity index (χ0) is 20.3. The molecule has 0 saturated heterocycles. The summed E-state index contributed by atoms with van der Waals surface area (Å²) in [5.74, 6) is -1.70. The van der Waals surface area contributed by atoms with Crippen molar-refractivity contribution in [2.75, 3.05) is 0 Å². The van der Waals surface area contributed by atoms with Gasteiger partial charge < -0.3 is 24.8 Å². The van der Waals surface area contributed by atoms with Crippen LogP contribution in [0.15, 0.2) is 54.6 Å². The highest BCUT2D eigenvalue weighted by atomic mass is 16.6. The first-order valence-electron chi connectivity index (χ1n) is 8.83. The molecule has 2 aliphatic heterocycles. The number of hydrogen-bond acceptors (Lipinski definition) is 6. The Morgan fingerprint density at radius 1 is 0.966 bits per heavy atom. The minimum atomic E-state index is -1.38. The zero-order valence-electron chi connectivity index (χ0n) is 14.9. The number of aliphatic carboxylic acids is 1. The number of carbonyl (C=O) groups is 2. The second kappa shape index (κ2) is 5.75. The third kappa shape index (κ3) is 2.24. The van der Waals surface area contributed by atoms with Crippen molar-refractivity contribution < 1.29 is 34.4 Å². The van der Waals surface area contributed by atoms with Gasteiger partial charge in [0.25, 0.3) is 0 Å². The molecule has 2 aliphatic rings. The Balaban J connectivity index is 1.89. The van der Waals surface area contributed by atoms with Crippen LogP contribution in [0.4, 0.5) is 0 Å². The number of phenols is 2. The third-order valence-electron chi connectivity index (χ3n) is 5.27. The van der Waals surface area contributed by atoms with Crippen LogP contribution in [-0.4, -0.2) is 27.3 Å². The molecule has 5 rings (SSSR count). The molecule has 0 aliphatic carbocycles. The molecule has 7 heteroatoms. The van der Waals surface area contributed by atoms with Gasteiger partial charge in [-0.1, -0.05) is 18.2 Å². The molecule has 3 aromatic rings. The van der Waals surface area contributed by atoms with E-state index < -0.39 is 24.0 Å². The molecule has 3 N–H and O–H groups in total. The van der Waals surface area contributed by atoms with Crippen LogP contribution in [0.5, 0.6) is 23.0 Å². The normalized spacial score (nSPS) is 18.4. The quantitative estimate of drug-likeness (QED) is 0.576. The lowest BCUT2D eigenvalue weighted by atomic mass is 9.77. The number of phenolic OH excluding ortho intramolecular Hbond substituents is 2. The van der Waals surface area contributed by atoms with Gasteiger partial charge in [0.15, 0.2) is 5.60 Å². The van der Waals surface area contributed by atoms with E-state index in [2.05, 4.69) is 0 Å². The van der Waals surface area contributed by atoms with Crippen LogP contribution in [0, 0.1) is 0 Å². The van der Waals surface area contributed by atoms with E-state index in [-0.39, 0.29) is 28.6 Å². The first-order valence-corrected chi connectivity index (χ1v) is 8.83. The number of carboxylic acid groups (broad SMARTS) is 1. The Morgan fingerprint density at radius 3 is 2.52 bits per heavy atom. The summed E-state index contributed by atoms with van der Waals surface area (Å²) in [6, 6.07) is 14.3.